The molecule has 0 unspecified atom stereocenters. The molecule has 3 heteroatoms. The van der Waals surface area contributed by atoms with Gasteiger partial charge < -0.3 is 4.74 Å². The van der Waals surface area contributed by atoms with Crippen molar-refractivity contribution < 1.29 is 14.2 Å². The second kappa shape index (κ2) is 16.4. The molecule has 0 aromatic heterocycles. The van der Waals surface area contributed by atoms with Gasteiger partial charge in [-0.05, 0) is 0 Å². The van der Waals surface area contributed by atoms with Crippen molar-refractivity contribution in [2.75, 3.05) is 7.11 Å². The molecule has 0 aromatic carbocycles. The van der Waals surface area contributed by atoms with Gasteiger partial charge in [0.2, 0.25) is 0 Å². The summed E-state index contributed by atoms with van der Waals surface area (Å²) in [6.45, 7) is 5.86. The number of hydrogen-bond donors (Lipinski definition) is 0. The molecule has 0 saturated carbocycles. The molecule has 0 rings (SSSR count). The molecular weight excluding hydrogens is 108 g/mol. The summed E-state index contributed by atoms with van der Waals surface area (Å²) in [6.07, 6.45) is 0. The van der Waals surface area contributed by atoms with Crippen LogP contribution in [0.25, 0.3) is 0 Å². The van der Waals surface area contributed by atoms with Crippen LogP contribution >= 0.6 is 0 Å². The van der Waals surface area contributed by atoms with Crippen molar-refractivity contribution in [1.29, 1.82) is 0 Å². The predicted octanol–water partition coefficient (Wildman–Crippen LogP) is 0.778. The number of carbonyl (C=O) groups is 1. The monoisotopic (exact) mass is 118 g/mol. The molecule has 0 aliphatic heterocycles. The van der Waals surface area contributed by atoms with Gasteiger partial charge in [0.1, 0.15) is 0 Å². The first kappa shape index (κ1) is 15.7. The van der Waals surface area contributed by atoms with Crippen LogP contribution < -0.4 is 0 Å². The standard InChI is InChI=1S/C3H6O2.CO.CH4/c1-3(4)5-2;1-2;/h1-2H3;;1H4. The third-order valence-corrected chi connectivity index (χ3v) is 0.287. The van der Waals surface area contributed by atoms with E-state index < -0.39 is 0 Å². The minimum absolute atomic E-state index is 0. The fourth-order valence-corrected chi connectivity index (χ4v) is 0. The van der Waals surface area contributed by atoms with Gasteiger partial charge in [0.15, 0.2) is 0 Å². The summed E-state index contributed by atoms with van der Waals surface area (Å²) in [7, 11) is 1.35. The summed E-state index contributed by atoms with van der Waals surface area (Å²) in [5.41, 5.74) is 0. The molecular formula is C5H10O3. The van der Waals surface area contributed by atoms with Gasteiger partial charge in [-0.1, -0.05) is 7.43 Å². The van der Waals surface area contributed by atoms with Crippen LogP contribution in [-0.2, 0) is 14.2 Å². The number of rotatable bonds is 0. The molecule has 48 valence electrons. The van der Waals surface area contributed by atoms with Crippen LogP contribution in [0.5, 0.6) is 0 Å². The van der Waals surface area contributed by atoms with Crippen molar-refractivity contribution in [3.8, 4) is 0 Å². The van der Waals surface area contributed by atoms with Crippen molar-refractivity contribution in [3.05, 3.63) is 6.65 Å². The Labute approximate surface area is 49.4 Å². The molecule has 0 atom stereocenters. The molecule has 0 aliphatic carbocycles. The average Bonchev–Trinajstić information content (AvgIpc) is 1.73. The summed E-state index contributed by atoms with van der Waals surface area (Å²) in [5.74, 6) is -0.245. The zero-order valence-electron chi connectivity index (χ0n) is 4.22. The summed E-state index contributed by atoms with van der Waals surface area (Å²) in [6, 6.07) is 0. The Morgan fingerprint density at radius 2 is 1.75 bits per heavy atom. The normalized spacial score (nSPS) is 4.50. The van der Waals surface area contributed by atoms with Crippen LogP contribution in [0, 0.1) is 6.65 Å². The Bertz CT molecular complexity index is 65.3. The molecule has 0 amide bonds. The van der Waals surface area contributed by atoms with E-state index >= 15 is 0 Å². The zero-order chi connectivity index (χ0) is 6.28. The van der Waals surface area contributed by atoms with E-state index in [0.717, 1.165) is 0 Å². The molecule has 0 heterocycles. The molecule has 0 fully saturated rings. The van der Waals surface area contributed by atoms with Crippen molar-refractivity contribution in [1.82, 2.24) is 0 Å². The Hall–Kier alpha value is -0.790. The number of carbonyl (C=O) groups excluding carboxylic acids is 1. The summed E-state index contributed by atoms with van der Waals surface area (Å²) < 4.78 is 11.6. The van der Waals surface area contributed by atoms with Crippen LogP contribution in [0.15, 0.2) is 0 Å². The fourth-order valence-electron chi connectivity index (χ4n) is 0. The maximum atomic E-state index is 9.59. The van der Waals surface area contributed by atoms with Crippen LogP contribution in [0.2, 0.25) is 0 Å². The van der Waals surface area contributed by atoms with Gasteiger partial charge in [-0.2, -0.15) is 0 Å². The maximum absolute atomic E-state index is 9.59. The van der Waals surface area contributed by atoms with Crippen LogP contribution in [-0.4, -0.2) is 13.1 Å². The Morgan fingerprint density at radius 1 is 1.62 bits per heavy atom. The minimum atomic E-state index is -0.245. The van der Waals surface area contributed by atoms with Crippen molar-refractivity contribution in [2.24, 2.45) is 0 Å². The van der Waals surface area contributed by atoms with Gasteiger partial charge in [-0.15, -0.1) is 0 Å². The van der Waals surface area contributed by atoms with E-state index in [1.807, 2.05) is 0 Å². The van der Waals surface area contributed by atoms with Crippen LogP contribution in [0.1, 0.15) is 14.4 Å². The molecule has 0 saturated heterocycles. The molecule has 0 N–H and O–H groups in total. The second-order valence-electron chi connectivity index (χ2n) is 0.696. The van der Waals surface area contributed by atoms with Gasteiger partial charge in [-0.25, -0.2) is 0 Å². The fraction of sp³-hybridized carbons (Fsp3) is 0.600. The molecule has 8 heavy (non-hydrogen) atoms. The Kier molecular flexibility index (Phi) is 32.1. The summed E-state index contributed by atoms with van der Waals surface area (Å²) in [5, 5.41) is 0. The quantitative estimate of drug-likeness (QED) is 0.268. The van der Waals surface area contributed by atoms with Gasteiger partial charge in [0.05, 0.1) is 7.11 Å². The first-order valence-electron chi connectivity index (χ1n) is 1.52. The number of ether oxygens (including phenoxy) is 1. The van der Waals surface area contributed by atoms with E-state index in [4.69, 9.17) is 4.65 Å². The van der Waals surface area contributed by atoms with E-state index in [-0.39, 0.29) is 13.4 Å². The number of hydrogen-bond acceptors (Lipinski definition) is 2. The van der Waals surface area contributed by atoms with Gasteiger partial charge >= 0.3 is 17.3 Å². The number of esters is 1. The van der Waals surface area contributed by atoms with E-state index in [2.05, 4.69) is 11.4 Å². The molecule has 3 nitrogen and oxygen atoms in total. The van der Waals surface area contributed by atoms with Crippen molar-refractivity contribution in [3.63, 3.8) is 0 Å². The van der Waals surface area contributed by atoms with Crippen LogP contribution in [0.4, 0.5) is 0 Å². The van der Waals surface area contributed by atoms with E-state index in [1.165, 1.54) is 14.0 Å². The van der Waals surface area contributed by atoms with E-state index in [0.29, 0.717) is 0 Å². The molecule has 0 aliphatic rings. The van der Waals surface area contributed by atoms with Crippen LogP contribution in [0.3, 0.4) is 0 Å². The van der Waals surface area contributed by atoms with E-state index in [1.54, 1.807) is 0 Å². The third kappa shape index (κ3) is 63.1. The average molecular weight is 118 g/mol. The second-order valence-corrected chi connectivity index (χ2v) is 0.696. The van der Waals surface area contributed by atoms with Gasteiger partial charge in [0.25, 0.3) is 0 Å². The third-order valence-electron chi connectivity index (χ3n) is 0.287. The zero-order valence-corrected chi connectivity index (χ0v) is 4.22. The van der Waals surface area contributed by atoms with Crippen molar-refractivity contribution in [2.45, 2.75) is 14.4 Å². The molecule has 0 bridgehead atoms. The van der Waals surface area contributed by atoms with E-state index in [9.17, 15) is 4.79 Å². The van der Waals surface area contributed by atoms with Gasteiger partial charge in [0, 0.05) is 6.92 Å². The molecule has 0 aromatic rings. The summed E-state index contributed by atoms with van der Waals surface area (Å²) in [4.78, 5) is 9.59. The predicted molar refractivity (Wildman–Crippen MR) is 28.4 cm³/mol. The molecule has 0 radical (unpaired) electrons. The van der Waals surface area contributed by atoms with Gasteiger partial charge in [-0.3, -0.25) is 4.79 Å². The van der Waals surface area contributed by atoms with Crippen molar-refractivity contribution >= 4 is 5.97 Å². The molecule has 0 spiro atoms. The SMILES string of the molecule is C.COC(C)=O.[C-]#[O+]. The Morgan fingerprint density at radius 3 is 1.75 bits per heavy atom. The first-order valence-corrected chi connectivity index (χ1v) is 1.52. The Balaban J connectivity index is -0.0000000750. The topological polar surface area (TPSA) is 46.2 Å². The summed E-state index contributed by atoms with van der Waals surface area (Å²) >= 11 is 0. The number of methoxy groups -OCH3 is 1. The first-order chi connectivity index (χ1) is 3.27.